The summed E-state index contributed by atoms with van der Waals surface area (Å²) in [6.07, 6.45) is 1.87. The van der Waals surface area contributed by atoms with Gasteiger partial charge in [0.15, 0.2) is 5.17 Å². The molecule has 2 N–H and O–H groups in total. The van der Waals surface area contributed by atoms with Crippen molar-refractivity contribution in [2.24, 2.45) is 4.99 Å². The van der Waals surface area contributed by atoms with Crippen molar-refractivity contribution < 1.29 is 9.90 Å². The van der Waals surface area contributed by atoms with Gasteiger partial charge in [-0.1, -0.05) is 53.7 Å². The maximum atomic E-state index is 12.6. The van der Waals surface area contributed by atoms with Crippen molar-refractivity contribution in [3.05, 3.63) is 62.5 Å². The highest BCUT2D eigenvalue weighted by Gasteiger charge is 2.28. The number of nitrogens with zero attached hydrogens (tertiary/aromatic N) is 1. The number of amides is 1. The minimum absolute atomic E-state index is 0.173. The average Bonchev–Trinajstić information content (AvgIpc) is 2.95. The van der Waals surface area contributed by atoms with Crippen LogP contribution in [0.5, 0.6) is 5.75 Å². The first-order valence-electron chi connectivity index (χ1n) is 9.78. The Morgan fingerprint density at radius 1 is 1.03 bits per heavy atom. The quantitative estimate of drug-likeness (QED) is 0.467. The van der Waals surface area contributed by atoms with Gasteiger partial charge in [-0.05, 0) is 74.4 Å². The average molecular weight is 487 g/mol. The molecule has 4 nitrogen and oxygen atoms in total. The van der Waals surface area contributed by atoms with E-state index in [-0.39, 0.29) is 16.7 Å². The number of amidine groups is 1. The molecule has 0 aliphatic carbocycles. The predicted molar refractivity (Wildman–Crippen MR) is 130 cm³/mol. The number of para-hydroxylation sites is 1. The molecular formula is C24H27BrN2O2S. The monoisotopic (exact) mass is 486 g/mol. The van der Waals surface area contributed by atoms with E-state index in [9.17, 15) is 9.90 Å². The van der Waals surface area contributed by atoms with E-state index in [1.807, 2.05) is 42.5 Å². The second-order valence-corrected chi connectivity index (χ2v) is 11.3. The Hall–Kier alpha value is -2.05. The summed E-state index contributed by atoms with van der Waals surface area (Å²) in [5, 5.41) is 14.3. The number of nitrogens with one attached hydrogen (secondary N) is 1. The number of phenolic OH excluding ortho intramolecular Hbond substituents is 1. The summed E-state index contributed by atoms with van der Waals surface area (Å²) >= 11 is 4.80. The number of carbonyl (C=O) groups is 1. The van der Waals surface area contributed by atoms with Crippen LogP contribution in [0.25, 0.3) is 6.08 Å². The summed E-state index contributed by atoms with van der Waals surface area (Å²) in [7, 11) is 0. The lowest BCUT2D eigenvalue weighted by Crippen LogP contribution is -2.19. The molecule has 0 saturated carbocycles. The molecule has 0 bridgehead atoms. The van der Waals surface area contributed by atoms with Crippen molar-refractivity contribution in [2.75, 3.05) is 0 Å². The summed E-state index contributed by atoms with van der Waals surface area (Å²) in [6.45, 7) is 12.4. The van der Waals surface area contributed by atoms with E-state index in [4.69, 9.17) is 0 Å². The fourth-order valence-electron chi connectivity index (χ4n) is 3.17. The van der Waals surface area contributed by atoms with E-state index in [0.717, 1.165) is 26.9 Å². The van der Waals surface area contributed by atoms with Crippen molar-refractivity contribution in [2.45, 2.75) is 52.4 Å². The highest BCUT2D eigenvalue weighted by Crippen LogP contribution is 2.41. The first kappa shape index (κ1) is 22.6. The van der Waals surface area contributed by atoms with Crippen LogP contribution in [0.3, 0.4) is 0 Å². The molecule has 1 fully saturated rings. The minimum Gasteiger partial charge on any atom is -0.507 e. The molecule has 0 atom stereocenters. The molecule has 1 saturated heterocycles. The molecule has 1 heterocycles. The van der Waals surface area contributed by atoms with E-state index in [1.165, 1.54) is 11.8 Å². The number of thioether (sulfide) groups is 1. The van der Waals surface area contributed by atoms with Crippen LogP contribution in [0.4, 0.5) is 5.69 Å². The van der Waals surface area contributed by atoms with Crippen LogP contribution < -0.4 is 5.32 Å². The standard InChI is InChI=1S/C24H27BrN2O2S/c1-23(2,3)15-11-14(12-16(20(15)28)24(4,5)6)13-19-21(29)27-22(30-19)26-18-10-8-7-9-17(18)25/h7-13,28H,1-6H3,(H,26,27,29)/b19-13+. The van der Waals surface area contributed by atoms with Gasteiger partial charge < -0.3 is 10.4 Å². The number of hydrogen-bond acceptors (Lipinski definition) is 4. The first-order valence-corrected chi connectivity index (χ1v) is 11.4. The number of hydrogen-bond donors (Lipinski definition) is 2. The van der Waals surface area contributed by atoms with E-state index < -0.39 is 0 Å². The minimum atomic E-state index is -0.226. The number of benzene rings is 2. The maximum absolute atomic E-state index is 12.6. The Morgan fingerprint density at radius 3 is 2.13 bits per heavy atom. The van der Waals surface area contributed by atoms with Crippen LogP contribution in [-0.4, -0.2) is 16.2 Å². The zero-order valence-electron chi connectivity index (χ0n) is 18.1. The molecule has 3 rings (SSSR count). The van der Waals surface area contributed by atoms with Crippen LogP contribution in [0, 0.1) is 0 Å². The van der Waals surface area contributed by atoms with Crippen LogP contribution in [0.1, 0.15) is 58.2 Å². The van der Waals surface area contributed by atoms with Gasteiger partial charge in [0.05, 0.1) is 10.6 Å². The number of aliphatic imine (C=N–C) groups is 1. The molecule has 1 aliphatic heterocycles. The third-order valence-corrected chi connectivity index (χ3v) is 6.35. The van der Waals surface area contributed by atoms with Gasteiger partial charge in [0.2, 0.25) is 0 Å². The molecule has 1 aliphatic rings. The largest absolute Gasteiger partial charge is 0.507 e. The van der Waals surface area contributed by atoms with Gasteiger partial charge in [0, 0.05) is 15.6 Å². The van der Waals surface area contributed by atoms with Gasteiger partial charge >= 0.3 is 0 Å². The molecule has 0 aromatic heterocycles. The van der Waals surface area contributed by atoms with E-state index in [2.05, 4.69) is 67.8 Å². The van der Waals surface area contributed by atoms with Crippen molar-refractivity contribution in [1.82, 2.24) is 5.32 Å². The van der Waals surface area contributed by atoms with Crippen LogP contribution >= 0.6 is 27.7 Å². The van der Waals surface area contributed by atoms with Gasteiger partial charge in [0.25, 0.3) is 5.91 Å². The fourth-order valence-corrected chi connectivity index (χ4v) is 4.38. The number of phenols is 1. The number of aromatic hydroxyl groups is 1. The molecule has 6 heteroatoms. The Morgan fingerprint density at radius 2 is 1.60 bits per heavy atom. The van der Waals surface area contributed by atoms with Gasteiger partial charge in [-0.15, -0.1) is 0 Å². The first-order chi connectivity index (χ1) is 13.9. The lowest BCUT2D eigenvalue weighted by Gasteiger charge is -2.28. The second-order valence-electron chi connectivity index (χ2n) is 9.40. The lowest BCUT2D eigenvalue weighted by atomic mass is 9.78. The molecule has 158 valence electrons. The van der Waals surface area contributed by atoms with Crippen molar-refractivity contribution in [3.63, 3.8) is 0 Å². The number of carbonyl (C=O) groups excluding carboxylic acids is 1. The molecule has 0 radical (unpaired) electrons. The fraction of sp³-hybridized carbons (Fsp3) is 0.333. The van der Waals surface area contributed by atoms with Crippen molar-refractivity contribution >= 4 is 50.5 Å². The summed E-state index contributed by atoms with van der Waals surface area (Å²) in [6, 6.07) is 11.6. The SMILES string of the molecule is CC(C)(C)c1cc(/C=C2/SC(=Nc3ccccc3Br)NC2=O)cc(C(C)(C)C)c1O. The molecule has 2 aromatic carbocycles. The maximum Gasteiger partial charge on any atom is 0.264 e. The van der Waals surface area contributed by atoms with Crippen LogP contribution in [0.15, 0.2) is 50.8 Å². The lowest BCUT2D eigenvalue weighted by molar-refractivity contribution is -0.115. The number of halogens is 1. The highest BCUT2D eigenvalue weighted by molar-refractivity contribution is 9.10. The number of rotatable bonds is 2. The van der Waals surface area contributed by atoms with Crippen molar-refractivity contribution in [3.8, 4) is 5.75 Å². The van der Waals surface area contributed by atoms with Gasteiger partial charge in [-0.25, -0.2) is 4.99 Å². The Balaban J connectivity index is 2.02. The second kappa shape index (κ2) is 8.23. The third kappa shape index (κ3) is 4.98. The zero-order chi connectivity index (χ0) is 22.3. The predicted octanol–water partition coefficient (Wildman–Crippen LogP) is 6.64. The molecule has 2 aromatic rings. The molecule has 0 spiro atoms. The molecular weight excluding hydrogens is 460 g/mol. The molecule has 30 heavy (non-hydrogen) atoms. The Bertz CT molecular complexity index is 1020. The summed E-state index contributed by atoms with van der Waals surface area (Å²) in [5.41, 5.74) is 2.93. The Labute approximate surface area is 191 Å². The van der Waals surface area contributed by atoms with Crippen LogP contribution in [0.2, 0.25) is 0 Å². The topological polar surface area (TPSA) is 61.7 Å². The summed E-state index contributed by atoms with van der Waals surface area (Å²) < 4.78 is 0.868. The molecule has 0 unspecified atom stereocenters. The van der Waals surface area contributed by atoms with Gasteiger partial charge in [0.1, 0.15) is 5.75 Å². The third-order valence-electron chi connectivity index (χ3n) is 4.77. The van der Waals surface area contributed by atoms with E-state index >= 15 is 0 Å². The Kier molecular flexibility index (Phi) is 6.21. The normalized spacial score (nSPS) is 17.6. The van der Waals surface area contributed by atoms with Crippen molar-refractivity contribution in [1.29, 1.82) is 0 Å². The summed E-state index contributed by atoms with van der Waals surface area (Å²) in [4.78, 5) is 17.7. The smallest absolute Gasteiger partial charge is 0.264 e. The summed E-state index contributed by atoms with van der Waals surface area (Å²) in [5.74, 6) is 0.158. The van der Waals surface area contributed by atoms with Crippen LogP contribution in [-0.2, 0) is 15.6 Å². The molecule has 1 amide bonds. The van der Waals surface area contributed by atoms with E-state index in [1.54, 1.807) is 0 Å². The highest BCUT2D eigenvalue weighted by atomic mass is 79.9. The van der Waals surface area contributed by atoms with Gasteiger partial charge in [-0.3, -0.25) is 4.79 Å². The zero-order valence-corrected chi connectivity index (χ0v) is 20.5. The van der Waals surface area contributed by atoms with E-state index in [0.29, 0.717) is 15.8 Å². The van der Waals surface area contributed by atoms with Gasteiger partial charge in [-0.2, -0.15) is 0 Å².